The first-order chi connectivity index (χ1) is 11.9. The van der Waals surface area contributed by atoms with Gasteiger partial charge in [-0.1, -0.05) is 30.3 Å². The molecule has 0 unspecified atom stereocenters. The molecule has 1 aliphatic rings. The molecule has 0 radical (unpaired) electrons. The van der Waals surface area contributed by atoms with Gasteiger partial charge in [0.2, 0.25) is 5.91 Å². The largest absolute Gasteiger partial charge is 0.356 e. The number of carbonyl (C=O) groups excluding carboxylic acids is 1. The number of hydrogen-bond acceptors (Lipinski definition) is 3. The molecule has 7 heteroatoms. The quantitative estimate of drug-likeness (QED) is 0.392. The van der Waals surface area contributed by atoms with E-state index in [0.717, 1.165) is 37.8 Å². The molecule has 0 aromatic heterocycles. The Morgan fingerprint density at radius 1 is 1.31 bits per heavy atom. The summed E-state index contributed by atoms with van der Waals surface area (Å²) in [6.07, 6.45) is 0.938. The molecule has 1 aromatic rings. The fourth-order valence-corrected chi connectivity index (χ4v) is 3.82. The number of benzene rings is 1. The topological polar surface area (TPSA) is 47.9 Å². The molecule has 0 saturated carbocycles. The van der Waals surface area contributed by atoms with Crippen LogP contribution in [-0.2, 0) is 11.2 Å². The zero-order valence-corrected chi connectivity index (χ0v) is 19.3. The third-order valence-corrected chi connectivity index (χ3v) is 5.42. The van der Waals surface area contributed by atoms with E-state index in [4.69, 9.17) is 0 Å². The average Bonchev–Trinajstić information content (AvgIpc) is 2.57. The lowest BCUT2D eigenvalue weighted by Gasteiger charge is -2.39. The van der Waals surface area contributed by atoms with Crippen molar-refractivity contribution >= 4 is 47.6 Å². The number of carbonyl (C=O) groups is 1. The lowest BCUT2D eigenvalue weighted by atomic mass is 10.1. The van der Waals surface area contributed by atoms with Crippen molar-refractivity contribution in [2.45, 2.75) is 25.0 Å². The highest BCUT2D eigenvalue weighted by Gasteiger charge is 2.28. The summed E-state index contributed by atoms with van der Waals surface area (Å²) in [5.74, 6) is 1.95. The van der Waals surface area contributed by atoms with Crippen LogP contribution in [-0.4, -0.2) is 72.4 Å². The number of amides is 1. The third kappa shape index (κ3) is 7.73. The van der Waals surface area contributed by atoms with E-state index in [1.165, 1.54) is 5.56 Å². The molecule has 26 heavy (non-hydrogen) atoms. The van der Waals surface area contributed by atoms with Crippen molar-refractivity contribution in [3.63, 3.8) is 0 Å². The Kier molecular flexibility index (Phi) is 9.78. The third-order valence-electron chi connectivity index (χ3n) is 4.13. The molecule has 0 aliphatic carbocycles. The highest BCUT2D eigenvalue weighted by molar-refractivity contribution is 14.0. The fraction of sp³-hybridized carbons (Fsp3) is 0.579. The normalized spacial score (nSPS) is 16.6. The van der Waals surface area contributed by atoms with Gasteiger partial charge in [-0.25, -0.2) is 4.99 Å². The van der Waals surface area contributed by atoms with E-state index in [-0.39, 0.29) is 41.2 Å². The van der Waals surface area contributed by atoms with E-state index in [1.807, 2.05) is 17.8 Å². The highest BCUT2D eigenvalue weighted by atomic mass is 127. The van der Waals surface area contributed by atoms with Gasteiger partial charge in [0, 0.05) is 44.2 Å². The molecule has 1 fully saturated rings. The first-order valence-electron chi connectivity index (χ1n) is 8.79. The first-order valence-corrected chi connectivity index (χ1v) is 9.77. The second kappa shape index (κ2) is 11.0. The monoisotopic (exact) mass is 490 g/mol. The number of aliphatic imine (C=N–C) groups is 1. The summed E-state index contributed by atoms with van der Waals surface area (Å²) in [5.41, 5.74) is 1.30. The van der Waals surface area contributed by atoms with Crippen molar-refractivity contribution in [1.82, 2.24) is 15.1 Å². The lowest BCUT2D eigenvalue weighted by molar-refractivity contribution is -0.127. The molecule has 2 rings (SSSR count). The minimum Gasteiger partial charge on any atom is -0.356 e. The molecule has 5 nitrogen and oxygen atoms in total. The van der Waals surface area contributed by atoms with Crippen LogP contribution in [0.2, 0.25) is 0 Å². The highest BCUT2D eigenvalue weighted by Crippen LogP contribution is 2.29. The van der Waals surface area contributed by atoms with Gasteiger partial charge in [-0.3, -0.25) is 4.79 Å². The van der Waals surface area contributed by atoms with Crippen molar-refractivity contribution in [2.24, 2.45) is 4.99 Å². The summed E-state index contributed by atoms with van der Waals surface area (Å²) in [5, 5.41) is 3.47. The Hall–Kier alpha value is -0.960. The van der Waals surface area contributed by atoms with Crippen molar-refractivity contribution in [3.8, 4) is 0 Å². The van der Waals surface area contributed by atoms with Gasteiger partial charge in [0.1, 0.15) is 6.54 Å². The zero-order chi connectivity index (χ0) is 18.3. The molecule has 1 aromatic carbocycles. The first kappa shape index (κ1) is 23.1. The predicted molar refractivity (Wildman–Crippen MR) is 123 cm³/mol. The van der Waals surface area contributed by atoms with Crippen molar-refractivity contribution in [3.05, 3.63) is 35.9 Å². The lowest BCUT2D eigenvalue weighted by Crippen LogP contribution is -2.51. The number of guanidine groups is 1. The van der Waals surface area contributed by atoms with E-state index in [2.05, 4.69) is 53.3 Å². The maximum atomic E-state index is 11.9. The summed E-state index contributed by atoms with van der Waals surface area (Å²) in [7, 11) is 3.53. The van der Waals surface area contributed by atoms with Crippen LogP contribution in [0.3, 0.4) is 0 Å². The van der Waals surface area contributed by atoms with Crippen LogP contribution in [0.5, 0.6) is 0 Å². The second-order valence-corrected chi connectivity index (χ2v) is 8.92. The number of nitrogens with one attached hydrogen (secondary N) is 1. The molecule has 1 saturated heterocycles. The average molecular weight is 490 g/mol. The Morgan fingerprint density at radius 3 is 2.62 bits per heavy atom. The number of likely N-dealkylation sites (N-methyl/N-ethyl adjacent to an activating group) is 1. The van der Waals surface area contributed by atoms with Gasteiger partial charge in [0.15, 0.2) is 5.96 Å². The van der Waals surface area contributed by atoms with E-state index in [9.17, 15) is 4.79 Å². The zero-order valence-electron chi connectivity index (χ0n) is 16.2. The molecule has 0 atom stereocenters. The number of rotatable bonds is 5. The van der Waals surface area contributed by atoms with Gasteiger partial charge in [0.05, 0.1) is 0 Å². The van der Waals surface area contributed by atoms with Crippen LogP contribution < -0.4 is 5.32 Å². The fourth-order valence-electron chi connectivity index (χ4n) is 2.71. The smallest absolute Gasteiger partial charge is 0.243 e. The Bertz CT molecular complexity index is 592. The molecule has 1 heterocycles. The van der Waals surface area contributed by atoms with Gasteiger partial charge < -0.3 is 15.1 Å². The number of nitrogens with zero attached hydrogens (tertiary/aromatic N) is 3. The molecule has 1 N–H and O–H groups in total. The summed E-state index contributed by atoms with van der Waals surface area (Å²) in [6, 6.07) is 10.4. The predicted octanol–water partition coefficient (Wildman–Crippen LogP) is 2.71. The van der Waals surface area contributed by atoms with E-state index in [0.29, 0.717) is 0 Å². The van der Waals surface area contributed by atoms with Crippen LogP contribution in [0, 0.1) is 0 Å². The number of thioether (sulfide) groups is 1. The molecule has 0 bridgehead atoms. The molecular weight excluding hydrogens is 459 g/mol. The molecule has 0 spiro atoms. The Labute approximate surface area is 179 Å². The molecule has 1 aliphatic heterocycles. The second-order valence-electron chi connectivity index (χ2n) is 7.12. The SMILES string of the molecule is CN(C)C(=O)CN=C(NCCc1ccccc1)N1CCSC(C)(C)C1.I. The Balaban J connectivity index is 0.00000338. The maximum absolute atomic E-state index is 11.9. The van der Waals surface area contributed by atoms with Gasteiger partial charge in [-0.15, -0.1) is 24.0 Å². The van der Waals surface area contributed by atoms with Gasteiger partial charge in [0.25, 0.3) is 0 Å². The number of hydrogen-bond donors (Lipinski definition) is 1. The van der Waals surface area contributed by atoms with E-state index < -0.39 is 0 Å². The van der Waals surface area contributed by atoms with Crippen molar-refractivity contribution in [2.75, 3.05) is 46.0 Å². The summed E-state index contributed by atoms with van der Waals surface area (Å²) in [4.78, 5) is 20.4. The molecule has 146 valence electrons. The molecular formula is C19H31IN4OS. The van der Waals surface area contributed by atoms with Crippen LogP contribution in [0.15, 0.2) is 35.3 Å². The van der Waals surface area contributed by atoms with Gasteiger partial charge >= 0.3 is 0 Å². The maximum Gasteiger partial charge on any atom is 0.243 e. The van der Waals surface area contributed by atoms with Crippen LogP contribution in [0.1, 0.15) is 19.4 Å². The van der Waals surface area contributed by atoms with Gasteiger partial charge in [-0.05, 0) is 25.8 Å². The minimum atomic E-state index is 0. The van der Waals surface area contributed by atoms with Crippen LogP contribution in [0.4, 0.5) is 0 Å². The summed E-state index contributed by atoms with van der Waals surface area (Å²) in [6.45, 7) is 7.41. The van der Waals surface area contributed by atoms with Crippen LogP contribution in [0.25, 0.3) is 0 Å². The van der Waals surface area contributed by atoms with Crippen LogP contribution >= 0.6 is 35.7 Å². The van der Waals surface area contributed by atoms with E-state index >= 15 is 0 Å². The van der Waals surface area contributed by atoms with E-state index in [1.54, 1.807) is 19.0 Å². The van der Waals surface area contributed by atoms with Crippen molar-refractivity contribution < 1.29 is 4.79 Å². The standard InChI is InChI=1S/C19H30N4OS.HI/c1-19(2)15-23(12-13-25-19)18(21-14-17(24)22(3)4)20-11-10-16-8-6-5-7-9-16;/h5-9H,10-15H2,1-4H3,(H,20,21);1H. The summed E-state index contributed by atoms with van der Waals surface area (Å²) < 4.78 is 0.200. The summed E-state index contributed by atoms with van der Waals surface area (Å²) >= 11 is 1.99. The van der Waals surface area contributed by atoms with Crippen molar-refractivity contribution in [1.29, 1.82) is 0 Å². The number of halogens is 1. The Morgan fingerprint density at radius 2 is 2.00 bits per heavy atom. The minimum absolute atomic E-state index is 0. The van der Waals surface area contributed by atoms with Gasteiger partial charge in [-0.2, -0.15) is 11.8 Å². The molecule has 1 amide bonds.